The molecule has 0 unspecified atom stereocenters. The Hall–Kier alpha value is -3.64. The van der Waals surface area contributed by atoms with Gasteiger partial charge in [0.2, 0.25) is 12.7 Å². The first-order valence-corrected chi connectivity index (χ1v) is 11.0. The lowest BCUT2D eigenvalue weighted by Crippen LogP contribution is -2.51. The molecule has 1 heterocycles. The predicted octanol–water partition coefficient (Wildman–Crippen LogP) is 3.11. The average Bonchev–Trinajstić information content (AvgIpc) is 3.31. The summed E-state index contributed by atoms with van der Waals surface area (Å²) in [6, 6.07) is 24.5. The number of carbonyl (C=O) groups is 2. The number of ether oxygens (including phenoxy) is 2. The van der Waals surface area contributed by atoms with Crippen LogP contribution in [0, 0.1) is 5.41 Å². The second-order valence-corrected chi connectivity index (χ2v) is 8.17. The van der Waals surface area contributed by atoms with Crippen LogP contribution in [0.2, 0.25) is 0 Å². The zero-order valence-corrected chi connectivity index (χ0v) is 18.3. The summed E-state index contributed by atoms with van der Waals surface area (Å²) in [7, 11) is 0. The summed E-state index contributed by atoms with van der Waals surface area (Å²) in [5.41, 5.74) is 1.21. The van der Waals surface area contributed by atoms with Crippen LogP contribution in [0.15, 0.2) is 78.9 Å². The van der Waals surface area contributed by atoms with Crippen molar-refractivity contribution in [3.05, 3.63) is 95.6 Å². The van der Waals surface area contributed by atoms with E-state index < -0.39 is 5.41 Å². The molecule has 3 aromatic carbocycles. The van der Waals surface area contributed by atoms with Crippen LogP contribution in [0.3, 0.4) is 0 Å². The second-order valence-electron chi connectivity index (χ2n) is 8.17. The van der Waals surface area contributed by atoms with Crippen molar-refractivity contribution in [3.63, 3.8) is 0 Å². The minimum atomic E-state index is -1.34. The van der Waals surface area contributed by atoms with Crippen molar-refractivity contribution in [2.45, 2.75) is 19.3 Å². The molecule has 0 atom stereocenters. The first kappa shape index (κ1) is 22.6. The van der Waals surface area contributed by atoms with Gasteiger partial charge in [-0.05, 0) is 41.7 Å². The summed E-state index contributed by atoms with van der Waals surface area (Å²) in [6.45, 7) is 0.0402. The maximum absolute atomic E-state index is 14.0. The lowest BCUT2D eigenvalue weighted by molar-refractivity contribution is -0.142. The second kappa shape index (κ2) is 10.3. The van der Waals surface area contributed by atoms with Crippen molar-refractivity contribution in [3.8, 4) is 11.5 Å². The van der Waals surface area contributed by atoms with Crippen LogP contribution in [0.1, 0.15) is 16.7 Å². The molecule has 1 aliphatic heterocycles. The number of aliphatic hydroxyl groups excluding tert-OH is 1. The maximum Gasteiger partial charge on any atom is 0.234 e. The van der Waals surface area contributed by atoms with Crippen molar-refractivity contribution in [1.82, 2.24) is 5.32 Å². The summed E-state index contributed by atoms with van der Waals surface area (Å²) in [6.07, 6.45) is 0.579. The minimum Gasteiger partial charge on any atom is -0.454 e. The normalized spacial score (nSPS) is 12.4. The molecule has 0 radical (unpaired) electrons. The van der Waals surface area contributed by atoms with Crippen LogP contribution in [0.25, 0.3) is 0 Å². The number of hydrogen-bond acceptors (Lipinski definition) is 5. The third-order valence-corrected chi connectivity index (χ3v) is 5.86. The maximum atomic E-state index is 14.0. The minimum absolute atomic E-state index is 0.0723. The molecule has 3 aromatic rings. The molecule has 4 rings (SSSR count). The van der Waals surface area contributed by atoms with E-state index in [0.29, 0.717) is 11.5 Å². The first-order valence-electron chi connectivity index (χ1n) is 11.0. The number of benzene rings is 3. The molecule has 6 heteroatoms. The summed E-state index contributed by atoms with van der Waals surface area (Å²) in [5, 5.41) is 12.1. The number of aliphatic hydroxyl groups is 1. The fourth-order valence-electron chi connectivity index (χ4n) is 4.18. The number of nitrogens with one attached hydrogen (secondary N) is 1. The Morgan fingerprint density at radius 2 is 1.42 bits per heavy atom. The lowest BCUT2D eigenvalue weighted by Gasteiger charge is -2.32. The van der Waals surface area contributed by atoms with E-state index in [2.05, 4.69) is 5.32 Å². The number of ketones is 1. The zero-order chi connectivity index (χ0) is 23.1. The van der Waals surface area contributed by atoms with Gasteiger partial charge in [0.15, 0.2) is 17.3 Å². The number of hydrogen-bond donors (Lipinski definition) is 2. The van der Waals surface area contributed by atoms with E-state index in [-0.39, 0.29) is 50.9 Å². The molecular formula is C27H27NO5. The van der Waals surface area contributed by atoms with E-state index in [4.69, 9.17) is 9.47 Å². The Morgan fingerprint density at radius 1 is 0.818 bits per heavy atom. The van der Waals surface area contributed by atoms with Gasteiger partial charge in [-0.2, -0.15) is 0 Å². The molecule has 0 fully saturated rings. The van der Waals surface area contributed by atoms with Gasteiger partial charge in [0, 0.05) is 13.0 Å². The van der Waals surface area contributed by atoms with Gasteiger partial charge < -0.3 is 19.9 Å². The van der Waals surface area contributed by atoms with Gasteiger partial charge in [-0.3, -0.25) is 9.59 Å². The summed E-state index contributed by atoms with van der Waals surface area (Å²) in [4.78, 5) is 27.5. The monoisotopic (exact) mass is 445 g/mol. The van der Waals surface area contributed by atoms with Gasteiger partial charge in [-0.15, -0.1) is 0 Å². The third-order valence-electron chi connectivity index (χ3n) is 5.86. The highest BCUT2D eigenvalue weighted by Gasteiger charge is 2.45. The van der Waals surface area contributed by atoms with E-state index in [0.717, 1.165) is 16.7 Å². The van der Waals surface area contributed by atoms with E-state index in [1.807, 2.05) is 66.7 Å². The molecule has 0 aromatic heterocycles. The third kappa shape index (κ3) is 5.23. The number of carbonyl (C=O) groups excluding carboxylic acids is 2. The van der Waals surface area contributed by atoms with Gasteiger partial charge in [-0.25, -0.2) is 0 Å². The van der Waals surface area contributed by atoms with Crippen LogP contribution in [-0.4, -0.2) is 36.7 Å². The average molecular weight is 446 g/mol. The van der Waals surface area contributed by atoms with Gasteiger partial charge in [0.25, 0.3) is 0 Å². The molecular weight excluding hydrogens is 418 g/mol. The van der Waals surface area contributed by atoms with E-state index in [9.17, 15) is 14.7 Å². The highest BCUT2D eigenvalue weighted by molar-refractivity contribution is 6.07. The smallest absolute Gasteiger partial charge is 0.234 e. The number of fused-ring (bicyclic) bond motifs is 1. The number of rotatable bonds is 10. The first-order chi connectivity index (χ1) is 16.1. The Balaban J connectivity index is 1.72. The zero-order valence-electron chi connectivity index (χ0n) is 18.3. The van der Waals surface area contributed by atoms with Crippen LogP contribution in [0.5, 0.6) is 11.5 Å². The molecule has 6 nitrogen and oxygen atoms in total. The molecule has 0 aliphatic carbocycles. The Bertz CT molecular complexity index is 1060. The molecule has 0 bridgehead atoms. The predicted molar refractivity (Wildman–Crippen MR) is 124 cm³/mol. The molecule has 2 N–H and O–H groups in total. The SMILES string of the molecule is O=C(Cc1ccc2c(c1)OCO2)C(Cc1ccccc1)(Cc1ccccc1)C(=O)NCCO. The fraction of sp³-hybridized carbons (Fsp3) is 0.259. The van der Waals surface area contributed by atoms with Crippen molar-refractivity contribution in [2.75, 3.05) is 19.9 Å². The lowest BCUT2D eigenvalue weighted by atomic mass is 9.71. The van der Waals surface area contributed by atoms with Gasteiger partial charge in [0.1, 0.15) is 5.41 Å². The van der Waals surface area contributed by atoms with Crippen molar-refractivity contribution < 1.29 is 24.2 Å². The fourth-order valence-corrected chi connectivity index (χ4v) is 4.18. The summed E-state index contributed by atoms with van der Waals surface area (Å²) in [5.74, 6) is 0.674. The highest BCUT2D eigenvalue weighted by Crippen LogP contribution is 2.35. The molecule has 33 heavy (non-hydrogen) atoms. The highest BCUT2D eigenvalue weighted by atomic mass is 16.7. The molecule has 170 valence electrons. The van der Waals surface area contributed by atoms with E-state index in [1.54, 1.807) is 12.1 Å². The molecule has 0 saturated carbocycles. The van der Waals surface area contributed by atoms with Crippen LogP contribution >= 0.6 is 0 Å². The number of Topliss-reactive ketones (excluding diaryl/α,β-unsaturated/α-hetero) is 1. The van der Waals surface area contributed by atoms with Crippen molar-refractivity contribution >= 4 is 11.7 Å². The Kier molecular flexibility index (Phi) is 7.05. The standard InChI is InChI=1S/C27H27NO5/c29-14-13-28-26(31)27(17-20-7-3-1-4-8-20,18-21-9-5-2-6-10-21)25(30)16-22-11-12-23-24(15-22)33-19-32-23/h1-12,15,29H,13-14,16-19H2,(H,28,31). The Morgan fingerprint density at radius 3 is 2.03 bits per heavy atom. The van der Waals surface area contributed by atoms with Crippen molar-refractivity contribution in [1.29, 1.82) is 0 Å². The quantitative estimate of drug-likeness (QED) is 0.469. The molecule has 0 spiro atoms. The van der Waals surface area contributed by atoms with Crippen LogP contribution in [-0.2, 0) is 28.9 Å². The van der Waals surface area contributed by atoms with Crippen molar-refractivity contribution in [2.24, 2.45) is 5.41 Å². The topological polar surface area (TPSA) is 84.9 Å². The largest absolute Gasteiger partial charge is 0.454 e. The van der Waals surface area contributed by atoms with Gasteiger partial charge in [-0.1, -0.05) is 66.7 Å². The molecule has 1 aliphatic rings. The van der Waals surface area contributed by atoms with Crippen LogP contribution < -0.4 is 14.8 Å². The molecule has 0 saturated heterocycles. The van der Waals surface area contributed by atoms with E-state index in [1.165, 1.54) is 0 Å². The molecule has 1 amide bonds. The number of amides is 1. The van der Waals surface area contributed by atoms with Gasteiger partial charge in [0.05, 0.1) is 6.61 Å². The van der Waals surface area contributed by atoms with Crippen LogP contribution in [0.4, 0.5) is 0 Å². The summed E-state index contributed by atoms with van der Waals surface area (Å²) < 4.78 is 10.8. The van der Waals surface area contributed by atoms with E-state index >= 15 is 0 Å². The van der Waals surface area contributed by atoms with Gasteiger partial charge >= 0.3 is 0 Å². The summed E-state index contributed by atoms with van der Waals surface area (Å²) >= 11 is 0. The Labute approximate surface area is 193 Å².